The Morgan fingerprint density at radius 3 is 3.00 bits per heavy atom. The molecule has 5 nitrogen and oxygen atoms in total. The maximum Gasteiger partial charge on any atom is 0.178 e. The Morgan fingerprint density at radius 2 is 2.21 bits per heavy atom. The van der Waals surface area contributed by atoms with Gasteiger partial charge in [0, 0.05) is 12.5 Å². The third-order valence-electron chi connectivity index (χ3n) is 3.31. The Hall–Kier alpha value is -1.30. The van der Waals surface area contributed by atoms with Gasteiger partial charge in [-0.2, -0.15) is 16.3 Å². The molecule has 1 N–H and O–H groups in total. The lowest BCUT2D eigenvalue weighted by molar-refractivity contribution is 0.800. The van der Waals surface area contributed by atoms with Gasteiger partial charge in [0.05, 0.1) is 0 Å². The van der Waals surface area contributed by atoms with Gasteiger partial charge in [-0.25, -0.2) is 0 Å². The monoisotopic (exact) mass is 277 g/mol. The van der Waals surface area contributed by atoms with E-state index in [4.69, 9.17) is 0 Å². The van der Waals surface area contributed by atoms with Gasteiger partial charge in [-0.05, 0) is 49.8 Å². The zero-order chi connectivity index (χ0) is 13.1. The number of rotatable bonds is 7. The highest BCUT2D eigenvalue weighted by atomic mass is 32.2. The minimum Gasteiger partial charge on any atom is -0.369 e. The fourth-order valence-corrected chi connectivity index (χ4v) is 2.58. The first kappa shape index (κ1) is 12.7. The predicted molar refractivity (Wildman–Crippen MR) is 78.9 cm³/mol. The summed E-state index contributed by atoms with van der Waals surface area (Å²) in [6.07, 6.45) is 7.01. The van der Waals surface area contributed by atoms with Gasteiger partial charge in [-0.3, -0.25) is 0 Å². The zero-order valence-electron chi connectivity index (χ0n) is 11.2. The van der Waals surface area contributed by atoms with Crippen LogP contribution in [0, 0.1) is 0 Å². The second-order valence-electron chi connectivity index (χ2n) is 4.95. The highest BCUT2D eigenvalue weighted by molar-refractivity contribution is 7.98. The molecule has 1 aliphatic carbocycles. The largest absolute Gasteiger partial charge is 0.369 e. The summed E-state index contributed by atoms with van der Waals surface area (Å²) in [5, 5.41) is 16.4. The molecule has 2 aromatic rings. The highest BCUT2D eigenvalue weighted by Gasteiger charge is 2.29. The summed E-state index contributed by atoms with van der Waals surface area (Å²) >= 11 is 1.90. The minimum absolute atomic E-state index is 0.569. The van der Waals surface area contributed by atoms with Crippen molar-refractivity contribution in [1.29, 1.82) is 0 Å². The maximum absolute atomic E-state index is 4.59. The van der Waals surface area contributed by atoms with Crippen LogP contribution in [0.2, 0.25) is 0 Å². The molecule has 3 rings (SSSR count). The lowest BCUT2D eigenvalue weighted by atomic mass is 10.3. The Kier molecular flexibility index (Phi) is 3.87. The van der Waals surface area contributed by atoms with Crippen LogP contribution in [0.1, 0.15) is 37.4 Å². The van der Waals surface area contributed by atoms with Crippen molar-refractivity contribution >= 4 is 23.2 Å². The van der Waals surface area contributed by atoms with Crippen molar-refractivity contribution in [2.24, 2.45) is 0 Å². The van der Waals surface area contributed by atoms with E-state index in [1.165, 1.54) is 31.4 Å². The summed E-state index contributed by atoms with van der Waals surface area (Å²) in [6, 6.07) is 3.96. The number of fused-ring (bicyclic) bond motifs is 1. The van der Waals surface area contributed by atoms with Crippen LogP contribution >= 0.6 is 11.8 Å². The topological polar surface area (TPSA) is 55.1 Å². The molecular formula is C13H19N5S. The van der Waals surface area contributed by atoms with E-state index in [1.54, 1.807) is 0 Å². The first-order chi connectivity index (χ1) is 9.38. The van der Waals surface area contributed by atoms with Crippen LogP contribution in [0.15, 0.2) is 12.1 Å². The van der Waals surface area contributed by atoms with Gasteiger partial charge < -0.3 is 5.32 Å². The molecule has 0 bridgehead atoms. The van der Waals surface area contributed by atoms with Crippen LogP contribution in [-0.2, 0) is 0 Å². The van der Waals surface area contributed by atoms with Crippen molar-refractivity contribution in [2.45, 2.75) is 31.6 Å². The van der Waals surface area contributed by atoms with Crippen molar-refractivity contribution in [3.05, 3.63) is 18.0 Å². The zero-order valence-corrected chi connectivity index (χ0v) is 12.0. The molecule has 0 saturated heterocycles. The van der Waals surface area contributed by atoms with E-state index in [9.17, 15) is 0 Å². The number of anilines is 1. The van der Waals surface area contributed by atoms with E-state index in [1.807, 2.05) is 28.4 Å². The molecule has 0 spiro atoms. The van der Waals surface area contributed by atoms with E-state index in [-0.39, 0.29) is 0 Å². The summed E-state index contributed by atoms with van der Waals surface area (Å²) in [6.45, 7) is 0.972. The van der Waals surface area contributed by atoms with Gasteiger partial charge in [0.1, 0.15) is 5.82 Å². The smallest absolute Gasteiger partial charge is 0.178 e. The van der Waals surface area contributed by atoms with Crippen LogP contribution in [0.5, 0.6) is 0 Å². The van der Waals surface area contributed by atoms with Crippen molar-refractivity contribution in [3.63, 3.8) is 0 Å². The van der Waals surface area contributed by atoms with Gasteiger partial charge in [0.2, 0.25) is 0 Å². The predicted octanol–water partition coefficient (Wildman–Crippen LogP) is 2.56. The average Bonchev–Trinajstić information content (AvgIpc) is 3.19. The normalized spacial score (nSPS) is 15.0. The number of unbranched alkanes of at least 4 members (excludes halogenated alkanes) is 1. The Labute approximate surface area is 117 Å². The Balaban J connectivity index is 1.65. The van der Waals surface area contributed by atoms with E-state index in [0.717, 1.165) is 23.8 Å². The molecule has 2 heterocycles. The SMILES string of the molecule is CSCCCCNc1ccc2nnc(C3CC3)n2n1. The molecular weight excluding hydrogens is 258 g/mol. The molecule has 0 radical (unpaired) electrons. The summed E-state index contributed by atoms with van der Waals surface area (Å²) in [5.41, 5.74) is 0.842. The maximum atomic E-state index is 4.59. The second kappa shape index (κ2) is 5.77. The van der Waals surface area contributed by atoms with Gasteiger partial charge in [0.25, 0.3) is 0 Å². The Morgan fingerprint density at radius 1 is 1.32 bits per heavy atom. The fourth-order valence-electron chi connectivity index (χ4n) is 2.08. The van der Waals surface area contributed by atoms with E-state index < -0.39 is 0 Å². The molecule has 0 atom stereocenters. The highest BCUT2D eigenvalue weighted by Crippen LogP contribution is 2.38. The van der Waals surface area contributed by atoms with E-state index >= 15 is 0 Å². The third-order valence-corrected chi connectivity index (χ3v) is 4.01. The van der Waals surface area contributed by atoms with Crippen LogP contribution < -0.4 is 5.32 Å². The van der Waals surface area contributed by atoms with Crippen LogP contribution in [0.4, 0.5) is 5.82 Å². The summed E-state index contributed by atoms with van der Waals surface area (Å²) in [5.74, 6) is 3.73. The van der Waals surface area contributed by atoms with Crippen molar-refractivity contribution in [1.82, 2.24) is 19.8 Å². The molecule has 19 heavy (non-hydrogen) atoms. The van der Waals surface area contributed by atoms with Gasteiger partial charge >= 0.3 is 0 Å². The molecule has 0 aromatic carbocycles. The van der Waals surface area contributed by atoms with Crippen LogP contribution in [0.3, 0.4) is 0 Å². The van der Waals surface area contributed by atoms with Gasteiger partial charge in [-0.15, -0.1) is 15.3 Å². The summed E-state index contributed by atoms with van der Waals surface area (Å²) in [4.78, 5) is 0. The summed E-state index contributed by atoms with van der Waals surface area (Å²) < 4.78 is 1.89. The van der Waals surface area contributed by atoms with Crippen LogP contribution in [-0.4, -0.2) is 38.4 Å². The number of aromatic nitrogens is 4. The second-order valence-corrected chi connectivity index (χ2v) is 5.93. The molecule has 1 saturated carbocycles. The van der Waals surface area contributed by atoms with Crippen LogP contribution in [0.25, 0.3) is 5.65 Å². The molecule has 0 unspecified atom stereocenters. The lowest BCUT2D eigenvalue weighted by Gasteiger charge is -2.05. The first-order valence-corrected chi connectivity index (χ1v) is 8.23. The first-order valence-electron chi connectivity index (χ1n) is 6.83. The van der Waals surface area contributed by atoms with Crippen molar-refractivity contribution < 1.29 is 0 Å². The molecule has 0 amide bonds. The number of hydrogen-bond acceptors (Lipinski definition) is 5. The fraction of sp³-hybridized carbons (Fsp3) is 0.615. The average molecular weight is 277 g/mol. The van der Waals surface area contributed by atoms with E-state index in [0.29, 0.717) is 5.92 Å². The van der Waals surface area contributed by atoms with Crippen molar-refractivity contribution in [2.75, 3.05) is 23.9 Å². The number of nitrogens with one attached hydrogen (secondary N) is 1. The molecule has 102 valence electrons. The number of hydrogen-bond donors (Lipinski definition) is 1. The third kappa shape index (κ3) is 3.00. The standard InChI is InChI=1S/C13H19N5S/c1-19-9-3-2-8-14-11-6-7-12-15-16-13(10-4-5-10)18(12)17-11/h6-7,10H,2-5,8-9H2,1H3,(H,14,17). The van der Waals surface area contributed by atoms with Gasteiger partial charge in [-0.1, -0.05) is 0 Å². The van der Waals surface area contributed by atoms with E-state index in [2.05, 4.69) is 26.9 Å². The quantitative estimate of drug-likeness (QED) is 0.788. The van der Waals surface area contributed by atoms with Crippen molar-refractivity contribution in [3.8, 4) is 0 Å². The number of nitrogens with zero attached hydrogens (tertiary/aromatic N) is 4. The molecule has 1 fully saturated rings. The molecule has 1 aliphatic rings. The minimum atomic E-state index is 0.569. The molecule has 6 heteroatoms. The lowest BCUT2D eigenvalue weighted by Crippen LogP contribution is -2.07. The van der Waals surface area contributed by atoms with Gasteiger partial charge in [0.15, 0.2) is 11.5 Å². The Bertz CT molecular complexity index is 549. The summed E-state index contributed by atoms with van der Waals surface area (Å²) in [7, 11) is 0. The number of thioether (sulfide) groups is 1. The molecule has 2 aromatic heterocycles. The molecule has 0 aliphatic heterocycles.